The van der Waals surface area contributed by atoms with E-state index in [1.807, 2.05) is 0 Å². The zero-order valence-electron chi connectivity index (χ0n) is 32.6. The number of hydrogen-bond acceptors (Lipinski definition) is 0. The summed E-state index contributed by atoms with van der Waals surface area (Å²) in [6, 6.07) is 33.6. The van der Waals surface area contributed by atoms with Gasteiger partial charge in [-0.05, 0) is 102 Å². The quantitative estimate of drug-likeness (QED) is 0.168. The van der Waals surface area contributed by atoms with Crippen molar-refractivity contribution in [3.8, 4) is 5.69 Å². The van der Waals surface area contributed by atoms with E-state index in [2.05, 4.69) is 166 Å². The molecule has 0 bridgehead atoms. The maximum atomic E-state index is 2.81. The molecular weight excluding hydrogens is 612 g/mol. The number of hydrogen-bond donors (Lipinski definition) is 0. The summed E-state index contributed by atoms with van der Waals surface area (Å²) in [7, 11) is 0. The lowest BCUT2D eigenvalue weighted by molar-refractivity contribution is 0.403. The molecule has 3 heterocycles. The van der Waals surface area contributed by atoms with Gasteiger partial charge in [0.25, 0.3) is 0 Å². The summed E-state index contributed by atoms with van der Waals surface area (Å²) in [5, 5.41) is 2.92. The maximum Gasteiger partial charge on any atom is 0.247 e. The van der Waals surface area contributed by atoms with Gasteiger partial charge in [-0.25, -0.2) is 0 Å². The smallest absolute Gasteiger partial charge is 0.247 e. The van der Waals surface area contributed by atoms with E-state index in [0.29, 0.717) is 0 Å². The molecule has 0 radical (unpaired) electrons. The second-order valence-corrected chi connectivity index (χ2v) is 20.4. The lowest BCUT2D eigenvalue weighted by atomic mass is 9.30. The Morgan fingerprint density at radius 1 is 0.529 bits per heavy atom. The predicted octanol–water partition coefficient (Wildman–Crippen LogP) is 7.66. The third kappa shape index (κ3) is 3.96. The Labute approximate surface area is 306 Å². The Kier molecular flexibility index (Phi) is 5.92. The first kappa shape index (κ1) is 31.7. The Balaban J connectivity index is 1.53. The fourth-order valence-corrected chi connectivity index (χ4v) is 12.4. The zero-order chi connectivity index (χ0) is 35.8. The molecule has 1 nitrogen and oxygen atoms in total. The SMILES string of the molecule is CC(C)(C)c1cc2c3c(c1)B(c1ccccc1)c1c4c(cc5c6cc7c(c(c6n-3c15)B2c1ccccc1)C(C)(C)CC7(C)C)C(C)(C)CC4(C)C. The Morgan fingerprint density at radius 3 is 1.29 bits per heavy atom. The topological polar surface area (TPSA) is 4.93 Å². The third-order valence-corrected chi connectivity index (χ3v) is 13.7. The average Bonchev–Trinajstić information content (AvgIpc) is 3.56. The Hall–Kier alpha value is -3.97. The van der Waals surface area contributed by atoms with Crippen molar-refractivity contribution in [1.29, 1.82) is 0 Å². The normalized spacial score (nSPS) is 19.7. The largest absolute Gasteiger partial charge is 0.311 e. The minimum absolute atomic E-state index is 0.00428. The molecule has 0 saturated heterocycles. The van der Waals surface area contributed by atoms with Gasteiger partial charge in [-0.3, -0.25) is 0 Å². The Bertz CT molecular complexity index is 2340. The summed E-state index contributed by atoms with van der Waals surface area (Å²) in [5.74, 6) is 0. The summed E-state index contributed by atoms with van der Waals surface area (Å²) in [5.41, 5.74) is 21.3. The predicted molar refractivity (Wildman–Crippen MR) is 223 cm³/mol. The molecule has 0 N–H and O–H groups in total. The lowest BCUT2D eigenvalue weighted by Gasteiger charge is -2.39. The zero-order valence-corrected chi connectivity index (χ0v) is 32.6. The van der Waals surface area contributed by atoms with Crippen LogP contribution < -0.4 is 32.8 Å². The number of nitrogens with zero attached hydrogens (tertiary/aromatic N) is 1. The molecule has 0 amide bonds. The highest BCUT2D eigenvalue weighted by Crippen LogP contribution is 2.54. The van der Waals surface area contributed by atoms with Crippen molar-refractivity contribution in [3.63, 3.8) is 0 Å². The van der Waals surface area contributed by atoms with E-state index in [1.165, 1.54) is 54.9 Å². The van der Waals surface area contributed by atoms with Gasteiger partial charge in [-0.2, -0.15) is 0 Å². The van der Waals surface area contributed by atoms with Crippen LogP contribution in [0.1, 0.15) is 117 Å². The molecule has 0 fully saturated rings. The highest BCUT2D eigenvalue weighted by atomic mass is 15.0. The molecule has 4 aliphatic rings. The summed E-state index contributed by atoms with van der Waals surface area (Å²) in [6.45, 7) is 27.6. The molecule has 2 aliphatic carbocycles. The molecule has 0 saturated carbocycles. The Morgan fingerprint density at radius 2 is 0.922 bits per heavy atom. The van der Waals surface area contributed by atoms with Crippen LogP contribution in [-0.2, 0) is 27.1 Å². The van der Waals surface area contributed by atoms with Crippen molar-refractivity contribution in [2.75, 3.05) is 0 Å². The van der Waals surface area contributed by atoms with Crippen LogP contribution in [0.2, 0.25) is 0 Å². The summed E-state index contributed by atoms with van der Waals surface area (Å²) < 4.78 is 2.81. The molecule has 0 unspecified atom stereocenters. The molecule has 2 aliphatic heterocycles. The van der Waals surface area contributed by atoms with Gasteiger partial charge >= 0.3 is 0 Å². The van der Waals surface area contributed by atoms with Crippen molar-refractivity contribution in [3.05, 3.63) is 113 Å². The van der Waals surface area contributed by atoms with E-state index in [0.717, 1.165) is 12.8 Å². The van der Waals surface area contributed by atoms with Gasteiger partial charge in [0.15, 0.2) is 0 Å². The summed E-state index contributed by atoms with van der Waals surface area (Å²) in [6.07, 6.45) is 2.32. The first-order valence-electron chi connectivity index (χ1n) is 19.4. The van der Waals surface area contributed by atoms with Crippen LogP contribution in [0, 0.1) is 0 Å². The third-order valence-electron chi connectivity index (χ3n) is 13.7. The molecule has 0 atom stereocenters. The van der Waals surface area contributed by atoms with E-state index >= 15 is 0 Å². The van der Waals surface area contributed by atoms with E-state index in [9.17, 15) is 0 Å². The van der Waals surface area contributed by atoms with Gasteiger partial charge < -0.3 is 4.57 Å². The van der Waals surface area contributed by atoms with Gasteiger partial charge in [0, 0.05) is 27.5 Å². The van der Waals surface area contributed by atoms with Gasteiger partial charge in [-0.1, -0.05) is 160 Å². The number of benzene rings is 5. The molecule has 254 valence electrons. The van der Waals surface area contributed by atoms with Crippen molar-refractivity contribution >= 4 is 68.0 Å². The van der Waals surface area contributed by atoms with Gasteiger partial charge in [-0.15, -0.1) is 0 Å². The van der Waals surface area contributed by atoms with E-state index < -0.39 is 0 Å². The van der Waals surface area contributed by atoms with Gasteiger partial charge in [0.05, 0.1) is 0 Å². The molecule has 10 rings (SSSR count). The average molecular weight is 664 g/mol. The standard InChI is InChI=1S/C48H51B2N/c1-44(2,3)28-22-35-43-36(23-28)50(30-20-16-13-17-21-30)40-38-34(46(6,7)27-48(38,10)11)25-32-31-24-33-37(47(8,9)26-45(33,4)5)39(41(31)51(43)42(32)40)49(35)29-18-14-12-15-19-29/h12-25H,26-27H2,1-11H3. The lowest BCUT2D eigenvalue weighted by Crippen LogP contribution is -2.65. The first-order chi connectivity index (χ1) is 23.9. The van der Waals surface area contributed by atoms with Crippen LogP contribution in [-0.4, -0.2) is 18.0 Å². The molecule has 1 aromatic heterocycles. The molecule has 0 spiro atoms. The van der Waals surface area contributed by atoms with Crippen LogP contribution in [0.5, 0.6) is 0 Å². The number of fused-ring (bicyclic) bond motifs is 5. The van der Waals surface area contributed by atoms with E-state index in [1.54, 1.807) is 33.2 Å². The summed E-state index contributed by atoms with van der Waals surface area (Å²) >= 11 is 0. The van der Waals surface area contributed by atoms with E-state index in [-0.39, 0.29) is 40.5 Å². The second kappa shape index (κ2) is 9.52. The van der Waals surface area contributed by atoms with Crippen molar-refractivity contribution in [2.24, 2.45) is 0 Å². The van der Waals surface area contributed by atoms with Crippen molar-refractivity contribution in [2.45, 2.75) is 116 Å². The minimum atomic E-state index is -0.00428. The molecule has 51 heavy (non-hydrogen) atoms. The number of aromatic nitrogens is 1. The highest BCUT2D eigenvalue weighted by molar-refractivity contribution is 7.02. The van der Waals surface area contributed by atoms with Crippen molar-refractivity contribution in [1.82, 2.24) is 4.57 Å². The second-order valence-electron chi connectivity index (χ2n) is 20.4. The fourth-order valence-electron chi connectivity index (χ4n) is 12.4. The van der Waals surface area contributed by atoms with Gasteiger partial charge in [0.1, 0.15) is 0 Å². The molecule has 3 heteroatoms. The fraction of sp³-hybridized carbons (Fsp3) is 0.375. The highest BCUT2D eigenvalue weighted by Gasteiger charge is 2.53. The molecule has 5 aromatic carbocycles. The minimum Gasteiger partial charge on any atom is -0.311 e. The maximum absolute atomic E-state index is 2.81. The van der Waals surface area contributed by atoms with Gasteiger partial charge in [0.2, 0.25) is 13.4 Å². The van der Waals surface area contributed by atoms with E-state index in [4.69, 9.17) is 0 Å². The molecule has 6 aromatic rings. The van der Waals surface area contributed by atoms with Crippen LogP contribution in [0.4, 0.5) is 0 Å². The monoisotopic (exact) mass is 663 g/mol. The van der Waals surface area contributed by atoms with Crippen LogP contribution >= 0.6 is 0 Å². The van der Waals surface area contributed by atoms with Crippen molar-refractivity contribution < 1.29 is 0 Å². The van der Waals surface area contributed by atoms with Crippen LogP contribution in [0.15, 0.2) is 84.9 Å². The first-order valence-corrected chi connectivity index (χ1v) is 19.4. The number of rotatable bonds is 2. The summed E-state index contributed by atoms with van der Waals surface area (Å²) in [4.78, 5) is 0. The van der Waals surface area contributed by atoms with Crippen LogP contribution in [0.3, 0.4) is 0 Å². The molecular formula is C48H51B2N. The van der Waals surface area contributed by atoms with Crippen LogP contribution in [0.25, 0.3) is 27.5 Å².